The lowest BCUT2D eigenvalue weighted by Crippen LogP contribution is -2.37. The van der Waals surface area contributed by atoms with Crippen LogP contribution in [0.4, 0.5) is 0 Å². The summed E-state index contributed by atoms with van der Waals surface area (Å²) >= 11 is 0. The second-order valence-electron chi connectivity index (χ2n) is 4.86. The molecule has 4 nitrogen and oxygen atoms in total. The fourth-order valence-corrected chi connectivity index (χ4v) is 2.71. The number of aliphatic hydroxyl groups is 1. The summed E-state index contributed by atoms with van der Waals surface area (Å²) in [5, 5.41) is 20.5. The minimum Gasteiger partial charge on any atom is -0.493 e. The van der Waals surface area contributed by atoms with E-state index in [2.05, 4.69) is 11.1 Å². The number of nitriles is 1. The topological polar surface area (TPSA) is 66.1 Å². The van der Waals surface area contributed by atoms with Crippen LogP contribution in [0.3, 0.4) is 0 Å². The molecule has 1 aromatic heterocycles. The quantitative estimate of drug-likeness (QED) is 0.906. The molecule has 0 fully saturated rings. The van der Waals surface area contributed by atoms with Crippen molar-refractivity contribution in [1.82, 2.24) is 4.98 Å². The number of hydrogen-bond acceptors (Lipinski definition) is 4. The van der Waals surface area contributed by atoms with Gasteiger partial charge in [0.05, 0.1) is 12.7 Å². The second kappa shape index (κ2) is 4.95. The number of para-hydroxylation sites is 1. The molecular weight excluding hydrogens is 252 g/mol. The van der Waals surface area contributed by atoms with Crippen molar-refractivity contribution in [2.75, 3.05) is 6.61 Å². The Bertz CT molecular complexity index is 651. The van der Waals surface area contributed by atoms with E-state index in [0.29, 0.717) is 24.3 Å². The van der Waals surface area contributed by atoms with Crippen LogP contribution < -0.4 is 4.74 Å². The zero-order chi connectivity index (χ0) is 14.0. The number of benzene rings is 1. The molecule has 0 saturated heterocycles. The smallest absolute Gasteiger partial charge is 0.124 e. The summed E-state index contributed by atoms with van der Waals surface area (Å²) in [4.78, 5) is 3.95. The Hall–Kier alpha value is -2.38. The standard InChI is InChI=1S/C16H14N2O2/c17-11-16(15(19)12-5-8-18-9-6-12)7-10-20-14-4-2-1-3-13(14)16/h1-6,8-9,15,19H,7,10H2. The second-order valence-corrected chi connectivity index (χ2v) is 4.86. The normalized spacial score (nSPS) is 22.2. The van der Waals surface area contributed by atoms with Crippen LogP contribution in [-0.2, 0) is 5.41 Å². The van der Waals surface area contributed by atoms with E-state index in [-0.39, 0.29) is 0 Å². The fraction of sp³-hybridized carbons (Fsp3) is 0.250. The molecule has 1 aliphatic heterocycles. The van der Waals surface area contributed by atoms with Gasteiger partial charge in [0.15, 0.2) is 0 Å². The molecule has 0 aliphatic carbocycles. The van der Waals surface area contributed by atoms with Gasteiger partial charge < -0.3 is 9.84 Å². The Balaban J connectivity index is 2.12. The van der Waals surface area contributed by atoms with Crippen LogP contribution in [0.1, 0.15) is 23.7 Å². The molecule has 100 valence electrons. The van der Waals surface area contributed by atoms with Crippen LogP contribution in [0.2, 0.25) is 0 Å². The number of hydrogen-bond donors (Lipinski definition) is 1. The summed E-state index contributed by atoms with van der Waals surface area (Å²) in [6.45, 7) is 0.423. The van der Waals surface area contributed by atoms with Gasteiger partial charge in [-0.3, -0.25) is 4.98 Å². The van der Waals surface area contributed by atoms with E-state index in [1.54, 1.807) is 24.5 Å². The number of pyridine rings is 1. The van der Waals surface area contributed by atoms with Crippen LogP contribution in [0.15, 0.2) is 48.8 Å². The maximum Gasteiger partial charge on any atom is 0.124 e. The van der Waals surface area contributed by atoms with Crippen LogP contribution in [0.25, 0.3) is 0 Å². The van der Waals surface area contributed by atoms with Crippen molar-refractivity contribution in [3.63, 3.8) is 0 Å². The number of aliphatic hydroxyl groups excluding tert-OH is 1. The molecule has 0 spiro atoms. The Morgan fingerprint density at radius 3 is 2.75 bits per heavy atom. The van der Waals surface area contributed by atoms with Crippen molar-refractivity contribution >= 4 is 0 Å². The van der Waals surface area contributed by atoms with E-state index in [0.717, 1.165) is 5.56 Å². The highest BCUT2D eigenvalue weighted by Crippen LogP contribution is 2.46. The van der Waals surface area contributed by atoms with Gasteiger partial charge in [0.1, 0.15) is 17.3 Å². The van der Waals surface area contributed by atoms with Gasteiger partial charge in [0, 0.05) is 24.4 Å². The van der Waals surface area contributed by atoms with E-state index < -0.39 is 11.5 Å². The van der Waals surface area contributed by atoms with E-state index in [1.807, 2.05) is 24.3 Å². The first-order valence-corrected chi connectivity index (χ1v) is 6.49. The number of rotatable bonds is 2. The van der Waals surface area contributed by atoms with Gasteiger partial charge in [-0.25, -0.2) is 0 Å². The number of ether oxygens (including phenoxy) is 1. The lowest BCUT2D eigenvalue weighted by atomic mass is 9.71. The molecular formula is C16H14N2O2. The summed E-state index contributed by atoms with van der Waals surface area (Å²) in [5.74, 6) is 0.674. The molecule has 0 amide bonds. The average molecular weight is 266 g/mol. The monoisotopic (exact) mass is 266 g/mol. The van der Waals surface area contributed by atoms with E-state index in [9.17, 15) is 10.4 Å². The van der Waals surface area contributed by atoms with Crippen LogP contribution in [0.5, 0.6) is 5.75 Å². The lowest BCUT2D eigenvalue weighted by Gasteiger charge is -2.36. The van der Waals surface area contributed by atoms with Crippen LogP contribution in [0, 0.1) is 11.3 Å². The van der Waals surface area contributed by atoms with Gasteiger partial charge in [-0.2, -0.15) is 5.26 Å². The van der Waals surface area contributed by atoms with Gasteiger partial charge in [-0.1, -0.05) is 18.2 Å². The largest absolute Gasteiger partial charge is 0.493 e. The maximum atomic E-state index is 10.7. The molecule has 0 saturated carbocycles. The van der Waals surface area contributed by atoms with Crippen LogP contribution >= 0.6 is 0 Å². The summed E-state index contributed by atoms with van der Waals surface area (Å²) in [6.07, 6.45) is 2.80. The Kier molecular flexibility index (Phi) is 3.13. The highest BCUT2D eigenvalue weighted by atomic mass is 16.5. The van der Waals surface area contributed by atoms with E-state index >= 15 is 0 Å². The highest BCUT2D eigenvalue weighted by Gasteiger charge is 2.45. The minimum absolute atomic E-state index is 0.423. The third-order valence-electron chi connectivity index (χ3n) is 3.81. The molecule has 3 rings (SSSR count). The number of nitrogens with zero attached hydrogens (tertiary/aromatic N) is 2. The van der Waals surface area contributed by atoms with E-state index in [1.165, 1.54) is 0 Å². The zero-order valence-corrected chi connectivity index (χ0v) is 10.9. The predicted molar refractivity (Wildman–Crippen MR) is 73.0 cm³/mol. The van der Waals surface area contributed by atoms with Crippen molar-refractivity contribution in [3.05, 3.63) is 59.9 Å². The first kappa shape index (κ1) is 12.6. The summed E-state index contributed by atoms with van der Waals surface area (Å²) in [6, 6.07) is 13.2. The maximum absolute atomic E-state index is 10.7. The van der Waals surface area contributed by atoms with Gasteiger partial charge in [-0.15, -0.1) is 0 Å². The minimum atomic E-state index is -0.976. The summed E-state index contributed by atoms with van der Waals surface area (Å²) in [7, 11) is 0. The van der Waals surface area contributed by atoms with Crippen molar-refractivity contribution < 1.29 is 9.84 Å². The molecule has 1 N–H and O–H groups in total. The van der Waals surface area contributed by atoms with Crippen molar-refractivity contribution in [2.45, 2.75) is 17.9 Å². The van der Waals surface area contributed by atoms with Gasteiger partial charge >= 0.3 is 0 Å². The van der Waals surface area contributed by atoms with Gasteiger partial charge in [0.25, 0.3) is 0 Å². The number of fused-ring (bicyclic) bond motifs is 1. The molecule has 0 radical (unpaired) electrons. The first-order chi connectivity index (χ1) is 9.78. The highest BCUT2D eigenvalue weighted by molar-refractivity contribution is 5.48. The summed E-state index contributed by atoms with van der Waals surface area (Å²) < 4.78 is 5.59. The van der Waals surface area contributed by atoms with Gasteiger partial charge in [-0.05, 0) is 23.8 Å². The molecule has 2 atom stereocenters. The van der Waals surface area contributed by atoms with Gasteiger partial charge in [0.2, 0.25) is 0 Å². The Morgan fingerprint density at radius 1 is 1.25 bits per heavy atom. The Labute approximate surface area is 117 Å². The Morgan fingerprint density at radius 2 is 2.00 bits per heavy atom. The van der Waals surface area contributed by atoms with Crippen molar-refractivity contribution in [2.24, 2.45) is 0 Å². The predicted octanol–water partition coefficient (Wildman–Crippen LogP) is 2.36. The average Bonchev–Trinajstić information content (AvgIpc) is 2.54. The molecule has 0 bridgehead atoms. The van der Waals surface area contributed by atoms with Crippen molar-refractivity contribution in [3.8, 4) is 11.8 Å². The van der Waals surface area contributed by atoms with Crippen molar-refractivity contribution in [1.29, 1.82) is 5.26 Å². The SMILES string of the molecule is N#CC1(C(O)c2ccncc2)CCOc2ccccc21. The third-order valence-corrected chi connectivity index (χ3v) is 3.81. The fourth-order valence-electron chi connectivity index (χ4n) is 2.71. The summed E-state index contributed by atoms with van der Waals surface area (Å²) in [5.41, 5.74) is 0.465. The molecule has 20 heavy (non-hydrogen) atoms. The number of aromatic nitrogens is 1. The third kappa shape index (κ3) is 1.84. The first-order valence-electron chi connectivity index (χ1n) is 6.49. The molecule has 1 aliphatic rings. The molecule has 4 heteroatoms. The molecule has 1 aromatic carbocycles. The van der Waals surface area contributed by atoms with Crippen LogP contribution in [-0.4, -0.2) is 16.7 Å². The van der Waals surface area contributed by atoms with E-state index in [4.69, 9.17) is 4.74 Å². The zero-order valence-electron chi connectivity index (χ0n) is 10.9. The molecule has 2 heterocycles. The molecule has 2 aromatic rings. The molecule has 2 unspecified atom stereocenters. The lowest BCUT2D eigenvalue weighted by molar-refractivity contribution is 0.0806.